The number of hydrogen-bond acceptors (Lipinski definition) is 2. The van der Waals surface area contributed by atoms with Crippen molar-refractivity contribution in [3.05, 3.63) is 29.8 Å². The molecule has 1 fully saturated rings. The SMILES string of the molecule is CCCC1(C(=O)Nc2cccc(CNCC)c2)CC1. The van der Waals surface area contributed by atoms with Gasteiger partial charge in [-0.05, 0) is 43.5 Å². The van der Waals surface area contributed by atoms with Gasteiger partial charge in [-0.25, -0.2) is 0 Å². The molecule has 0 saturated heterocycles. The van der Waals surface area contributed by atoms with E-state index in [1.54, 1.807) is 0 Å². The van der Waals surface area contributed by atoms with Crippen LogP contribution in [0.15, 0.2) is 24.3 Å². The van der Waals surface area contributed by atoms with Gasteiger partial charge < -0.3 is 10.6 Å². The monoisotopic (exact) mass is 260 g/mol. The Kier molecular flexibility index (Phi) is 4.59. The fourth-order valence-electron chi connectivity index (χ4n) is 2.51. The van der Waals surface area contributed by atoms with Crippen molar-refractivity contribution < 1.29 is 4.79 Å². The Morgan fingerprint density at radius 3 is 2.74 bits per heavy atom. The van der Waals surface area contributed by atoms with Crippen molar-refractivity contribution in [2.75, 3.05) is 11.9 Å². The van der Waals surface area contributed by atoms with Crippen molar-refractivity contribution in [2.45, 2.75) is 46.1 Å². The minimum atomic E-state index is -0.0631. The molecule has 19 heavy (non-hydrogen) atoms. The van der Waals surface area contributed by atoms with Gasteiger partial charge in [0.25, 0.3) is 0 Å². The van der Waals surface area contributed by atoms with E-state index in [0.29, 0.717) is 0 Å². The van der Waals surface area contributed by atoms with Gasteiger partial charge in [0, 0.05) is 17.6 Å². The van der Waals surface area contributed by atoms with Gasteiger partial charge in [-0.1, -0.05) is 32.4 Å². The standard InChI is InChI=1S/C16H24N2O/c1-3-8-16(9-10-16)15(19)18-14-7-5-6-13(11-14)12-17-4-2/h5-7,11,17H,3-4,8-10,12H2,1-2H3,(H,18,19). The Labute approximate surface area is 115 Å². The molecule has 2 rings (SSSR count). The van der Waals surface area contributed by atoms with Gasteiger partial charge in [-0.2, -0.15) is 0 Å². The average molecular weight is 260 g/mol. The number of amides is 1. The van der Waals surface area contributed by atoms with Gasteiger partial charge in [-0.3, -0.25) is 4.79 Å². The maximum atomic E-state index is 12.3. The van der Waals surface area contributed by atoms with E-state index >= 15 is 0 Å². The summed E-state index contributed by atoms with van der Waals surface area (Å²) in [4.78, 5) is 12.3. The summed E-state index contributed by atoms with van der Waals surface area (Å²) in [6.07, 6.45) is 4.18. The Morgan fingerprint density at radius 2 is 2.11 bits per heavy atom. The molecule has 0 atom stereocenters. The maximum absolute atomic E-state index is 12.3. The molecule has 3 heteroatoms. The van der Waals surface area contributed by atoms with E-state index in [9.17, 15) is 4.79 Å². The van der Waals surface area contributed by atoms with Gasteiger partial charge >= 0.3 is 0 Å². The normalized spacial score (nSPS) is 16.1. The highest BCUT2D eigenvalue weighted by Crippen LogP contribution is 2.50. The van der Waals surface area contributed by atoms with Gasteiger partial charge in [-0.15, -0.1) is 0 Å². The highest BCUT2D eigenvalue weighted by atomic mass is 16.2. The summed E-state index contributed by atoms with van der Waals surface area (Å²) >= 11 is 0. The fraction of sp³-hybridized carbons (Fsp3) is 0.562. The van der Waals surface area contributed by atoms with Crippen molar-refractivity contribution in [3.63, 3.8) is 0 Å². The molecule has 1 saturated carbocycles. The second kappa shape index (κ2) is 6.20. The summed E-state index contributed by atoms with van der Waals surface area (Å²) < 4.78 is 0. The molecule has 0 heterocycles. The van der Waals surface area contributed by atoms with Crippen molar-refractivity contribution in [2.24, 2.45) is 5.41 Å². The molecule has 2 N–H and O–H groups in total. The molecular formula is C16H24N2O. The van der Waals surface area contributed by atoms with Crippen LogP contribution in [0.4, 0.5) is 5.69 Å². The molecule has 1 aromatic carbocycles. The zero-order chi connectivity index (χ0) is 13.7. The van der Waals surface area contributed by atoms with Crippen LogP contribution in [0.3, 0.4) is 0 Å². The predicted octanol–water partition coefficient (Wildman–Crippen LogP) is 3.31. The number of anilines is 1. The van der Waals surface area contributed by atoms with E-state index < -0.39 is 0 Å². The van der Waals surface area contributed by atoms with E-state index in [1.165, 1.54) is 5.56 Å². The van der Waals surface area contributed by atoms with Crippen molar-refractivity contribution in [1.29, 1.82) is 0 Å². The topological polar surface area (TPSA) is 41.1 Å². The first-order valence-electron chi connectivity index (χ1n) is 7.31. The lowest BCUT2D eigenvalue weighted by atomic mass is 9.99. The van der Waals surface area contributed by atoms with Crippen LogP contribution >= 0.6 is 0 Å². The van der Waals surface area contributed by atoms with Gasteiger partial charge in [0.15, 0.2) is 0 Å². The van der Waals surface area contributed by atoms with Crippen LogP contribution in [0.2, 0.25) is 0 Å². The van der Waals surface area contributed by atoms with E-state index in [-0.39, 0.29) is 11.3 Å². The third-order valence-corrected chi connectivity index (χ3v) is 3.83. The maximum Gasteiger partial charge on any atom is 0.230 e. The van der Waals surface area contributed by atoms with Gasteiger partial charge in [0.05, 0.1) is 0 Å². The largest absolute Gasteiger partial charge is 0.326 e. The quantitative estimate of drug-likeness (QED) is 0.789. The molecule has 0 bridgehead atoms. The first-order valence-corrected chi connectivity index (χ1v) is 7.31. The minimum Gasteiger partial charge on any atom is -0.326 e. The molecule has 1 aliphatic carbocycles. The molecule has 0 aliphatic heterocycles. The van der Waals surface area contributed by atoms with Crippen LogP contribution in [0, 0.1) is 5.41 Å². The number of hydrogen-bond donors (Lipinski definition) is 2. The number of carbonyl (C=O) groups is 1. The molecule has 1 amide bonds. The molecule has 104 valence electrons. The van der Waals surface area contributed by atoms with E-state index in [2.05, 4.69) is 36.6 Å². The zero-order valence-corrected chi connectivity index (χ0v) is 12.0. The average Bonchev–Trinajstić information content (AvgIpc) is 3.18. The Balaban J connectivity index is 1.97. The molecule has 1 aliphatic rings. The predicted molar refractivity (Wildman–Crippen MR) is 79.0 cm³/mol. The molecular weight excluding hydrogens is 236 g/mol. The highest BCUT2D eigenvalue weighted by molar-refractivity contribution is 5.97. The number of rotatable bonds is 7. The Hall–Kier alpha value is -1.35. The van der Waals surface area contributed by atoms with Crippen molar-refractivity contribution >= 4 is 11.6 Å². The summed E-state index contributed by atoms with van der Waals surface area (Å²) in [5.74, 6) is 0.204. The molecule has 0 unspecified atom stereocenters. The molecule has 3 nitrogen and oxygen atoms in total. The summed E-state index contributed by atoms with van der Waals surface area (Å²) in [5.41, 5.74) is 2.06. The Bertz CT molecular complexity index is 438. The fourth-order valence-corrected chi connectivity index (χ4v) is 2.51. The van der Waals surface area contributed by atoms with Crippen LogP contribution in [-0.2, 0) is 11.3 Å². The van der Waals surface area contributed by atoms with E-state index in [1.807, 2.05) is 12.1 Å². The summed E-state index contributed by atoms with van der Waals surface area (Å²) in [7, 11) is 0. The lowest BCUT2D eigenvalue weighted by molar-refractivity contribution is -0.121. The highest BCUT2D eigenvalue weighted by Gasteiger charge is 2.48. The second-order valence-electron chi connectivity index (χ2n) is 5.47. The van der Waals surface area contributed by atoms with E-state index in [0.717, 1.165) is 44.5 Å². The number of benzene rings is 1. The van der Waals surface area contributed by atoms with Crippen molar-refractivity contribution in [3.8, 4) is 0 Å². The minimum absolute atomic E-state index is 0.0631. The van der Waals surface area contributed by atoms with Gasteiger partial charge in [0.1, 0.15) is 0 Å². The summed E-state index contributed by atoms with van der Waals surface area (Å²) in [5, 5.41) is 6.37. The first-order chi connectivity index (χ1) is 9.20. The zero-order valence-electron chi connectivity index (χ0n) is 12.0. The second-order valence-corrected chi connectivity index (χ2v) is 5.47. The first kappa shape index (κ1) is 14.1. The van der Waals surface area contributed by atoms with Crippen LogP contribution in [-0.4, -0.2) is 12.5 Å². The van der Waals surface area contributed by atoms with Crippen LogP contribution in [0.25, 0.3) is 0 Å². The Morgan fingerprint density at radius 1 is 1.32 bits per heavy atom. The van der Waals surface area contributed by atoms with Gasteiger partial charge in [0.2, 0.25) is 5.91 Å². The van der Waals surface area contributed by atoms with Crippen LogP contribution in [0.1, 0.15) is 45.1 Å². The van der Waals surface area contributed by atoms with Crippen molar-refractivity contribution in [1.82, 2.24) is 5.32 Å². The lowest BCUT2D eigenvalue weighted by Crippen LogP contribution is -2.24. The number of carbonyl (C=O) groups excluding carboxylic acids is 1. The third-order valence-electron chi connectivity index (χ3n) is 3.83. The molecule has 0 radical (unpaired) electrons. The van der Waals surface area contributed by atoms with Crippen LogP contribution in [0.5, 0.6) is 0 Å². The summed E-state index contributed by atoms with van der Waals surface area (Å²) in [6, 6.07) is 8.11. The number of nitrogens with one attached hydrogen (secondary N) is 2. The molecule has 0 spiro atoms. The third kappa shape index (κ3) is 3.57. The van der Waals surface area contributed by atoms with Crippen LogP contribution < -0.4 is 10.6 Å². The smallest absolute Gasteiger partial charge is 0.230 e. The van der Waals surface area contributed by atoms with E-state index in [4.69, 9.17) is 0 Å². The lowest BCUT2D eigenvalue weighted by Gasteiger charge is -2.14. The summed E-state index contributed by atoms with van der Waals surface area (Å²) in [6.45, 7) is 6.04. The molecule has 1 aromatic rings. The molecule has 0 aromatic heterocycles.